The maximum absolute atomic E-state index is 9.85. The molecule has 0 saturated carbocycles. The van der Waals surface area contributed by atoms with Crippen LogP contribution in [-0.2, 0) is 6.42 Å². The third kappa shape index (κ3) is 2.32. The summed E-state index contributed by atoms with van der Waals surface area (Å²) in [7, 11) is 2.21. The summed E-state index contributed by atoms with van der Waals surface area (Å²) in [5, 5.41) is 9.85. The molecular weight excluding hydrogens is 210 g/mol. The topological polar surface area (TPSA) is 23.5 Å². The molecule has 0 bridgehead atoms. The lowest BCUT2D eigenvalue weighted by Gasteiger charge is -2.31. The number of fused-ring (bicyclic) bond motifs is 1. The lowest BCUT2D eigenvalue weighted by molar-refractivity contribution is 0.175. The molecule has 0 heterocycles. The van der Waals surface area contributed by atoms with Gasteiger partial charge in [0.1, 0.15) is 5.75 Å². The number of rotatable bonds is 4. The van der Waals surface area contributed by atoms with Crippen LogP contribution in [-0.4, -0.2) is 23.1 Å². The van der Waals surface area contributed by atoms with E-state index in [9.17, 15) is 5.11 Å². The minimum Gasteiger partial charge on any atom is -0.508 e. The van der Waals surface area contributed by atoms with E-state index in [-0.39, 0.29) is 0 Å². The number of hydrogen-bond acceptors (Lipinski definition) is 2. The van der Waals surface area contributed by atoms with Crippen molar-refractivity contribution in [3.8, 4) is 5.75 Å². The van der Waals surface area contributed by atoms with Crippen molar-refractivity contribution in [3.63, 3.8) is 0 Å². The van der Waals surface area contributed by atoms with E-state index in [1.54, 1.807) is 6.07 Å². The highest BCUT2D eigenvalue weighted by molar-refractivity contribution is 5.44. The van der Waals surface area contributed by atoms with E-state index in [0.29, 0.717) is 17.8 Å². The van der Waals surface area contributed by atoms with E-state index < -0.39 is 0 Å². The number of hydrogen-bond donors (Lipinski definition) is 1. The molecule has 2 atom stereocenters. The van der Waals surface area contributed by atoms with Crippen LogP contribution in [0, 0.1) is 0 Å². The molecule has 0 spiro atoms. The van der Waals surface area contributed by atoms with Gasteiger partial charge in [0, 0.05) is 12.1 Å². The van der Waals surface area contributed by atoms with Crippen LogP contribution < -0.4 is 0 Å². The molecule has 17 heavy (non-hydrogen) atoms. The Labute approximate surface area is 104 Å². The van der Waals surface area contributed by atoms with Crippen molar-refractivity contribution in [2.45, 2.75) is 51.6 Å². The van der Waals surface area contributed by atoms with E-state index in [4.69, 9.17) is 0 Å². The first-order valence-corrected chi connectivity index (χ1v) is 6.67. The van der Waals surface area contributed by atoms with Gasteiger partial charge in [0.2, 0.25) is 0 Å². The van der Waals surface area contributed by atoms with Gasteiger partial charge in [-0.3, -0.25) is 4.90 Å². The summed E-state index contributed by atoms with van der Waals surface area (Å²) >= 11 is 0. The van der Waals surface area contributed by atoms with Crippen molar-refractivity contribution in [1.82, 2.24) is 4.90 Å². The SMILES string of the molecule is CCCC(C)N(C)C1CCc2c(O)cccc21. The first-order valence-electron chi connectivity index (χ1n) is 6.67. The Hall–Kier alpha value is -1.02. The zero-order valence-electron chi connectivity index (χ0n) is 11.1. The van der Waals surface area contributed by atoms with Gasteiger partial charge in [0.15, 0.2) is 0 Å². The summed E-state index contributed by atoms with van der Waals surface area (Å²) in [4.78, 5) is 2.47. The molecule has 1 aromatic rings. The van der Waals surface area contributed by atoms with Crippen molar-refractivity contribution in [3.05, 3.63) is 29.3 Å². The van der Waals surface area contributed by atoms with E-state index >= 15 is 0 Å². The Balaban J connectivity index is 2.19. The highest BCUT2D eigenvalue weighted by atomic mass is 16.3. The Bertz CT molecular complexity index is 389. The Kier molecular flexibility index (Phi) is 3.72. The number of phenols is 1. The van der Waals surface area contributed by atoms with Crippen molar-refractivity contribution < 1.29 is 5.11 Å². The fourth-order valence-electron chi connectivity index (χ4n) is 2.96. The second-order valence-corrected chi connectivity index (χ2v) is 5.20. The normalized spacial score (nSPS) is 20.6. The van der Waals surface area contributed by atoms with Crippen LogP contribution in [0.15, 0.2) is 18.2 Å². The quantitative estimate of drug-likeness (QED) is 0.860. The summed E-state index contributed by atoms with van der Waals surface area (Å²) in [6.07, 6.45) is 4.61. The van der Waals surface area contributed by atoms with Gasteiger partial charge in [0.05, 0.1) is 0 Å². The second-order valence-electron chi connectivity index (χ2n) is 5.20. The second kappa shape index (κ2) is 5.09. The van der Waals surface area contributed by atoms with Crippen LogP contribution in [0.2, 0.25) is 0 Å². The third-order valence-corrected chi connectivity index (χ3v) is 4.11. The van der Waals surface area contributed by atoms with Crippen LogP contribution in [0.25, 0.3) is 0 Å². The molecule has 1 N–H and O–H groups in total. The minimum absolute atomic E-state index is 0.474. The minimum atomic E-state index is 0.474. The van der Waals surface area contributed by atoms with Crippen molar-refractivity contribution >= 4 is 0 Å². The van der Waals surface area contributed by atoms with Gasteiger partial charge in [-0.05, 0) is 50.4 Å². The molecule has 2 nitrogen and oxygen atoms in total. The molecule has 0 fully saturated rings. The Morgan fingerprint density at radius 1 is 1.47 bits per heavy atom. The molecule has 0 aromatic heterocycles. The summed E-state index contributed by atoms with van der Waals surface area (Å²) in [6.45, 7) is 4.53. The molecule has 1 aliphatic rings. The Morgan fingerprint density at radius 3 is 2.94 bits per heavy atom. The number of benzene rings is 1. The maximum atomic E-state index is 9.85. The monoisotopic (exact) mass is 233 g/mol. The molecular formula is C15H23NO. The van der Waals surface area contributed by atoms with Crippen molar-refractivity contribution in [2.24, 2.45) is 0 Å². The highest BCUT2D eigenvalue weighted by Gasteiger charge is 2.29. The highest BCUT2D eigenvalue weighted by Crippen LogP contribution is 2.40. The molecule has 0 saturated heterocycles. The summed E-state index contributed by atoms with van der Waals surface area (Å²) in [6, 6.07) is 7.03. The van der Waals surface area contributed by atoms with Gasteiger partial charge < -0.3 is 5.11 Å². The van der Waals surface area contributed by atoms with Crippen LogP contribution in [0.4, 0.5) is 0 Å². The molecule has 2 unspecified atom stereocenters. The molecule has 0 amide bonds. The number of aromatic hydroxyl groups is 1. The standard InChI is InChI=1S/C15H23NO/c1-4-6-11(2)16(3)14-10-9-13-12(14)7-5-8-15(13)17/h5,7-8,11,14,17H,4,6,9-10H2,1-3H3. The first-order chi connectivity index (χ1) is 8.15. The lowest BCUT2D eigenvalue weighted by atomic mass is 10.0. The van der Waals surface area contributed by atoms with Gasteiger partial charge in [-0.2, -0.15) is 0 Å². The molecule has 1 aromatic carbocycles. The molecule has 1 aliphatic carbocycles. The van der Waals surface area contributed by atoms with Gasteiger partial charge in [-0.25, -0.2) is 0 Å². The largest absolute Gasteiger partial charge is 0.508 e. The average molecular weight is 233 g/mol. The van der Waals surface area contributed by atoms with E-state index in [1.807, 2.05) is 6.07 Å². The third-order valence-electron chi connectivity index (χ3n) is 4.11. The fourth-order valence-corrected chi connectivity index (χ4v) is 2.96. The predicted octanol–water partition coefficient (Wildman–Crippen LogP) is 3.50. The fraction of sp³-hybridized carbons (Fsp3) is 0.600. The van der Waals surface area contributed by atoms with Crippen molar-refractivity contribution in [1.29, 1.82) is 0 Å². The maximum Gasteiger partial charge on any atom is 0.119 e. The van der Waals surface area contributed by atoms with E-state index in [0.717, 1.165) is 18.4 Å². The van der Waals surface area contributed by atoms with Crippen LogP contribution >= 0.6 is 0 Å². The zero-order chi connectivity index (χ0) is 12.4. The number of phenolic OH excluding ortho intramolecular Hbond substituents is 1. The van der Waals surface area contributed by atoms with Gasteiger partial charge in [-0.15, -0.1) is 0 Å². The van der Waals surface area contributed by atoms with Crippen LogP contribution in [0.1, 0.15) is 50.3 Å². The van der Waals surface area contributed by atoms with E-state index in [2.05, 4.69) is 31.9 Å². The predicted molar refractivity (Wildman–Crippen MR) is 71.3 cm³/mol. The van der Waals surface area contributed by atoms with Crippen molar-refractivity contribution in [2.75, 3.05) is 7.05 Å². The lowest BCUT2D eigenvalue weighted by Crippen LogP contribution is -2.31. The Morgan fingerprint density at radius 2 is 2.24 bits per heavy atom. The molecule has 2 heteroatoms. The molecule has 0 aliphatic heterocycles. The summed E-state index contributed by atoms with van der Waals surface area (Å²) < 4.78 is 0. The summed E-state index contributed by atoms with van der Waals surface area (Å²) in [5.41, 5.74) is 2.49. The van der Waals surface area contributed by atoms with Gasteiger partial charge in [-0.1, -0.05) is 25.5 Å². The average Bonchev–Trinajstić information content (AvgIpc) is 2.73. The van der Waals surface area contributed by atoms with Gasteiger partial charge >= 0.3 is 0 Å². The molecule has 2 rings (SSSR count). The molecule has 94 valence electrons. The van der Waals surface area contributed by atoms with Crippen LogP contribution in [0.3, 0.4) is 0 Å². The first kappa shape index (κ1) is 12.4. The van der Waals surface area contributed by atoms with Crippen LogP contribution in [0.5, 0.6) is 5.75 Å². The van der Waals surface area contributed by atoms with E-state index in [1.165, 1.54) is 18.4 Å². The smallest absolute Gasteiger partial charge is 0.119 e. The van der Waals surface area contributed by atoms with Gasteiger partial charge in [0.25, 0.3) is 0 Å². The zero-order valence-corrected chi connectivity index (χ0v) is 11.1. The molecule has 0 radical (unpaired) electrons. The number of nitrogens with zero attached hydrogens (tertiary/aromatic N) is 1. The summed E-state index contributed by atoms with van der Waals surface area (Å²) in [5.74, 6) is 0.474.